The number of aryl methyl sites for hydroxylation is 1. The molecule has 1 aliphatic heterocycles. The van der Waals surface area contributed by atoms with Crippen LogP contribution in [-0.2, 0) is 14.8 Å². The molecule has 2 aromatic rings. The minimum absolute atomic E-state index is 0.155. The maximum atomic E-state index is 12.9. The van der Waals surface area contributed by atoms with E-state index in [1.165, 1.54) is 13.0 Å². The molecular formula is C18H20N2O4S. The van der Waals surface area contributed by atoms with Gasteiger partial charge in [-0.25, -0.2) is 13.1 Å². The summed E-state index contributed by atoms with van der Waals surface area (Å²) in [5, 5.41) is 2.61. The van der Waals surface area contributed by atoms with Crippen LogP contribution in [0.3, 0.4) is 0 Å². The number of hydrogen-bond acceptors (Lipinski definition) is 4. The Hall–Kier alpha value is -2.38. The summed E-state index contributed by atoms with van der Waals surface area (Å²) in [6, 6.07) is 11.9. The smallest absolute Gasteiger partial charge is 0.241 e. The lowest BCUT2D eigenvalue weighted by atomic mass is 10.0. The third-order valence-electron chi connectivity index (χ3n) is 4.05. The van der Waals surface area contributed by atoms with Gasteiger partial charge in [0.15, 0.2) is 0 Å². The zero-order chi connectivity index (χ0) is 18.0. The Morgan fingerprint density at radius 2 is 1.96 bits per heavy atom. The molecule has 0 radical (unpaired) electrons. The van der Waals surface area contributed by atoms with E-state index < -0.39 is 10.0 Å². The van der Waals surface area contributed by atoms with E-state index in [1.807, 2.05) is 24.3 Å². The lowest BCUT2D eigenvalue weighted by molar-refractivity contribution is -0.114. The SMILES string of the molecule is CC(=O)Nc1ccc(C)c(S(=O)(=O)NC2CCOc3ccccc32)c1. The first-order chi connectivity index (χ1) is 11.9. The van der Waals surface area contributed by atoms with Crippen LogP contribution in [0.5, 0.6) is 5.75 Å². The van der Waals surface area contributed by atoms with Crippen LogP contribution in [0.1, 0.15) is 30.5 Å². The van der Waals surface area contributed by atoms with Crippen molar-refractivity contribution in [2.24, 2.45) is 0 Å². The third-order valence-corrected chi connectivity index (χ3v) is 5.67. The second-order valence-electron chi connectivity index (χ2n) is 6.01. The summed E-state index contributed by atoms with van der Waals surface area (Å²) in [7, 11) is -3.75. The highest BCUT2D eigenvalue weighted by atomic mass is 32.2. The van der Waals surface area contributed by atoms with Gasteiger partial charge in [0.2, 0.25) is 15.9 Å². The number of ether oxygens (including phenoxy) is 1. The van der Waals surface area contributed by atoms with Crippen LogP contribution in [-0.4, -0.2) is 20.9 Å². The molecule has 0 aliphatic carbocycles. The molecule has 1 aliphatic rings. The van der Waals surface area contributed by atoms with Crippen molar-refractivity contribution in [3.05, 3.63) is 53.6 Å². The van der Waals surface area contributed by atoms with Gasteiger partial charge in [-0.1, -0.05) is 24.3 Å². The zero-order valence-corrected chi connectivity index (χ0v) is 14.9. The standard InChI is InChI=1S/C18H20N2O4S/c1-12-7-8-14(19-13(2)21)11-18(12)25(22,23)20-16-9-10-24-17-6-4-3-5-15(16)17/h3-8,11,16,20H,9-10H2,1-2H3,(H,19,21). The van der Waals surface area contributed by atoms with Crippen LogP contribution in [0, 0.1) is 6.92 Å². The predicted molar refractivity (Wildman–Crippen MR) is 95.1 cm³/mol. The highest BCUT2D eigenvalue weighted by Crippen LogP contribution is 2.33. The molecule has 7 heteroatoms. The number of benzene rings is 2. The highest BCUT2D eigenvalue weighted by Gasteiger charge is 2.27. The van der Waals surface area contributed by atoms with Crippen molar-refractivity contribution in [3.63, 3.8) is 0 Å². The first-order valence-corrected chi connectivity index (χ1v) is 9.47. The summed E-state index contributed by atoms with van der Waals surface area (Å²) in [5.41, 5.74) is 1.89. The number of rotatable bonds is 4. The van der Waals surface area contributed by atoms with Gasteiger partial charge >= 0.3 is 0 Å². The molecule has 3 rings (SSSR count). The van der Waals surface area contributed by atoms with Gasteiger partial charge in [-0.05, 0) is 30.7 Å². The molecule has 0 saturated carbocycles. The number of carbonyl (C=O) groups excluding carboxylic acids is 1. The van der Waals surface area contributed by atoms with Crippen LogP contribution < -0.4 is 14.8 Å². The number of anilines is 1. The van der Waals surface area contributed by atoms with Crippen LogP contribution >= 0.6 is 0 Å². The summed E-state index contributed by atoms with van der Waals surface area (Å²) in [6.45, 7) is 3.56. The van der Waals surface area contributed by atoms with E-state index in [-0.39, 0.29) is 16.8 Å². The van der Waals surface area contributed by atoms with Gasteiger partial charge in [-0.3, -0.25) is 4.79 Å². The molecule has 1 atom stereocenters. The molecule has 1 heterocycles. The van der Waals surface area contributed by atoms with Crippen LogP contribution in [0.4, 0.5) is 5.69 Å². The van der Waals surface area contributed by atoms with Gasteiger partial charge in [0.05, 0.1) is 17.5 Å². The number of para-hydroxylation sites is 1. The van der Waals surface area contributed by atoms with Gasteiger partial charge in [0, 0.05) is 24.6 Å². The van der Waals surface area contributed by atoms with E-state index in [9.17, 15) is 13.2 Å². The Balaban J connectivity index is 1.92. The van der Waals surface area contributed by atoms with Crippen molar-refractivity contribution < 1.29 is 17.9 Å². The second kappa shape index (κ2) is 6.85. The summed E-state index contributed by atoms with van der Waals surface area (Å²) in [5.74, 6) is 0.448. The molecule has 25 heavy (non-hydrogen) atoms. The van der Waals surface area contributed by atoms with Gasteiger partial charge in [0.25, 0.3) is 0 Å². The first-order valence-electron chi connectivity index (χ1n) is 7.99. The lowest BCUT2D eigenvalue weighted by Crippen LogP contribution is -2.32. The number of carbonyl (C=O) groups is 1. The number of fused-ring (bicyclic) bond motifs is 1. The second-order valence-corrected chi connectivity index (χ2v) is 7.69. The molecule has 1 unspecified atom stereocenters. The molecule has 0 spiro atoms. The first kappa shape index (κ1) is 17.4. The number of hydrogen-bond donors (Lipinski definition) is 2. The number of sulfonamides is 1. The minimum Gasteiger partial charge on any atom is -0.493 e. The Bertz CT molecular complexity index is 909. The minimum atomic E-state index is -3.75. The number of nitrogens with one attached hydrogen (secondary N) is 2. The fourth-order valence-electron chi connectivity index (χ4n) is 2.89. The third kappa shape index (κ3) is 3.83. The molecule has 132 valence electrons. The molecule has 0 saturated heterocycles. The van der Waals surface area contributed by atoms with Gasteiger partial charge in [0.1, 0.15) is 5.75 Å². The largest absolute Gasteiger partial charge is 0.493 e. The van der Waals surface area contributed by atoms with E-state index in [2.05, 4.69) is 10.0 Å². The maximum absolute atomic E-state index is 12.9. The quantitative estimate of drug-likeness (QED) is 0.878. The van der Waals surface area contributed by atoms with Crippen molar-refractivity contribution in [3.8, 4) is 5.75 Å². The highest BCUT2D eigenvalue weighted by molar-refractivity contribution is 7.89. The Labute approximate surface area is 147 Å². The molecule has 2 aromatic carbocycles. The zero-order valence-electron chi connectivity index (χ0n) is 14.1. The maximum Gasteiger partial charge on any atom is 0.241 e. The molecule has 0 bridgehead atoms. The molecule has 0 fully saturated rings. The van der Waals surface area contributed by atoms with Gasteiger partial charge < -0.3 is 10.1 Å². The summed E-state index contributed by atoms with van der Waals surface area (Å²) >= 11 is 0. The normalized spacial score (nSPS) is 16.6. The van der Waals surface area contributed by atoms with Crippen molar-refractivity contribution in [2.45, 2.75) is 31.2 Å². The molecular weight excluding hydrogens is 340 g/mol. The van der Waals surface area contributed by atoms with E-state index in [0.717, 1.165) is 5.56 Å². The average Bonchev–Trinajstić information content (AvgIpc) is 2.56. The van der Waals surface area contributed by atoms with E-state index in [0.29, 0.717) is 30.0 Å². The van der Waals surface area contributed by atoms with Crippen molar-refractivity contribution in [1.29, 1.82) is 0 Å². The number of amides is 1. The molecule has 6 nitrogen and oxygen atoms in total. The van der Waals surface area contributed by atoms with E-state index >= 15 is 0 Å². The van der Waals surface area contributed by atoms with Crippen molar-refractivity contribution in [1.82, 2.24) is 4.72 Å². The summed E-state index contributed by atoms with van der Waals surface area (Å²) < 4.78 is 34.2. The Morgan fingerprint density at radius 3 is 2.72 bits per heavy atom. The topological polar surface area (TPSA) is 84.5 Å². The average molecular weight is 360 g/mol. The Kier molecular flexibility index (Phi) is 4.78. The van der Waals surface area contributed by atoms with Crippen LogP contribution in [0.15, 0.2) is 47.4 Å². The summed E-state index contributed by atoms with van der Waals surface area (Å²) in [6.07, 6.45) is 0.556. The van der Waals surface area contributed by atoms with Gasteiger partial charge in [-0.15, -0.1) is 0 Å². The van der Waals surface area contributed by atoms with Crippen molar-refractivity contribution in [2.75, 3.05) is 11.9 Å². The van der Waals surface area contributed by atoms with Crippen LogP contribution in [0.2, 0.25) is 0 Å². The van der Waals surface area contributed by atoms with Crippen molar-refractivity contribution >= 4 is 21.6 Å². The fourth-order valence-corrected chi connectivity index (χ4v) is 4.41. The molecule has 1 amide bonds. The Morgan fingerprint density at radius 1 is 1.20 bits per heavy atom. The van der Waals surface area contributed by atoms with E-state index in [1.54, 1.807) is 19.1 Å². The monoisotopic (exact) mass is 360 g/mol. The lowest BCUT2D eigenvalue weighted by Gasteiger charge is -2.26. The van der Waals surface area contributed by atoms with E-state index in [4.69, 9.17) is 4.74 Å². The van der Waals surface area contributed by atoms with Gasteiger partial charge in [-0.2, -0.15) is 0 Å². The predicted octanol–water partition coefficient (Wildman–Crippen LogP) is 2.76. The fraction of sp³-hybridized carbons (Fsp3) is 0.278. The van der Waals surface area contributed by atoms with Crippen LogP contribution in [0.25, 0.3) is 0 Å². The summed E-state index contributed by atoms with van der Waals surface area (Å²) in [4.78, 5) is 11.4. The molecule has 0 aromatic heterocycles. The molecule has 2 N–H and O–H groups in total.